The van der Waals surface area contributed by atoms with E-state index in [1.54, 1.807) is 0 Å². The molecule has 1 aliphatic heterocycles. The number of aromatic amines is 1. The van der Waals surface area contributed by atoms with Crippen LogP contribution in [0.2, 0.25) is 0 Å². The first-order valence-corrected chi connectivity index (χ1v) is 6.68. The monoisotopic (exact) mass is 249 g/mol. The lowest BCUT2D eigenvalue weighted by Crippen LogP contribution is -2.23. The van der Waals surface area contributed by atoms with E-state index in [0.29, 0.717) is 0 Å². The second-order valence-corrected chi connectivity index (χ2v) is 5.03. The van der Waals surface area contributed by atoms with Crippen LogP contribution in [-0.2, 0) is 13.0 Å². The number of hydrogen-bond donors (Lipinski definition) is 2. The molecule has 3 heteroatoms. The van der Waals surface area contributed by atoms with Gasteiger partial charge >= 0.3 is 0 Å². The molecule has 0 atom stereocenters. The molecule has 0 bridgehead atoms. The zero-order valence-corrected chi connectivity index (χ0v) is 10.6. The molecule has 0 saturated carbocycles. The molecule has 0 radical (unpaired) electrons. The van der Waals surface area contributed by atoms with Gasteiger partial charge < -0.3 is 5.32 Å². The molecular formula is C16H15N3. The van der Waals surface area contributed by atoms with Crippen molar-refractivity contribution in [3.8, 4) is 11.3 Å². The minimum atomic E-state index is 0.964. The van der Waals surface area contributed by atoms with Gasteiger partial charge in [0.1, 0.15) is 0 Å². The number of hydrogen-bond acceptors (Lipinski definition) is 2. The summed E-state index contributed by atoms with van der Waals surface area (Å²) in [5.41, 5.74) is 6.19. The number of nitrogens with one attached hydrogen (secondary N) is 2. The second-order valence-electron chi connectivity index (χ2n) is 5.03. The maximum absolute atomic E-state index is 4.47. The fraction of sp³-hybridized carbons (Fsp3) is 0.188. The zero-order chi connectivity index (χ0) is 12.7. The quantitative estimate of drug-likeness (QED) is 0.696. The van der Waals surface area contributed by atoms with Gasteiger partial charge in [0.25, 0.3) is 0 Å². The van der Waals surface area contributed by atoms with Gasteiger partial charge in [0.2, 0.25) is 0 Å². The van der Waals surface area contributed by atoms with Crippen molar-refractivity contribution in [1.82, 2.24) is 15.5 Å². The maximum Gasteiger partial charge on any atom is 0.0999 e. The second kappa shape index (κ2) is 4.21. The summed E-state index contributed by atoms with van der Waals surface area (Å²) < 4.78 is 0. The van der Waals surface area contributed by atoms with Gasteiger partial charge in [-0.25, -0.2) is 0 Å². The summed E-state index contributed by atoms with van der Waals surface area (Å²) >= 11 is 0. The number of benzene rings is 2. The molecule has 94 valence electrons. The number of fused-ring (bicyclic) bond motifs is 2. The Morgan fingerprint density at radius 2 is 1.95 bits per heavy atom. The Hall–Kier alpha value is -2.13. The molecule has 0 amide bonds. The fourth-order valence-electron chi connectivity index (χ4n) is 2.81. The van der Waals surface area contributed by atoms with Crippen LogP contribution in [0.1, 0.15) is 11.1 Å². The van der Waals surface area contributed by atoms with Crippen LogP contribution in [0.25, 0.3) is 22.2 Å². The molecular weight excluding hydrogens is 234 g/mol. The zero-order valence-electron chi connectivity index (χ0n) is 10.6. The van der Waals surface area contributed by atoms with Gasteiger partial charge in [-0.05, 0) is 36.2 Å². The van der Waals surface area contributed by atoms with Crippen molar-refractivity contribution in [2.45, 2.75) is 13.0 Å². The molecule has 0 spiro atoms. The highest BCUT2D eigenvalue weighted by molar-refractivity contribution is 5.92. The van der Waals surface area contributed by atoms with E-state index in [1.165, 1.54) is 22.1 Å². The van der Waals surface area contributed by atoms with E-state index in [4.69, 9.17) is 0 Å². The number of para-hydroxylation sites is 1. The molecule has 3 aromatic rings. The third-order valence-electron chi connectivity index (χ3n) is 3.84. The summed E-state index contributed by atoms with van der Waals surface area (Å²) in [4.78, 5) is 0. The molecule has 0 saturated heterocycles. The van der Waals surface area contributed by atoms with Crippen LogP contribution < -0.4 is 5.32 Å². The van der Waals surface area contributed by atoms with Gasteiger partial charge in [0.15, 0.2) is 0 Å². The highest BCUT2D eigenvalue weighted by Crippen LogP contribution is 2.28. The van der Waals surface area contributed by atoms with Crippen LogP contribution in [0.4, 0.5) is 0 Å². The standard InChI is InChI=1S/C16H15N3/c1-2-4-15-14(3-1)16(19-18-15)12-6-5-11-7-8-17-10-13(11)9-12/h1-6,9,17H,7-8,10H2,(H,18,19). The molecule has 0 aliphatic carbocycles. The summed E-state index contributed by atoms with van der Waals surface area (Å²) in [6.07, 6.45) is 1.12. The fourth-order valence-corrected chi connectivity index (χ4v) is 2.81. The minimum Gasteiger partial charge on any atom is -0.312 e. The molecule has 0 fully saturated rings. The van der Waals surface area contributed by atoms with E-state index in [-0.39, 0.29) is 0 Å². The summed E-state index contributed by atoms with van der Waals surface area (Å²) in [7, 11) is 0. The topological polar surface area (TPSA) is 40.7 Å². The Kier molecular flexibility index (Phi) is 2.38. The van der Waals surface area contributed by atoms with Crippen LogP contribution >= 0.6 is 0 Å². The predicted molar refractivity (Wildman–Crippen MR) is 76.9 cm³/mol. The van der Waals surface area contributed by atoms with E-state index >= 15 is 0 Å². The van der Waals surface area contributed by atoms with Gasteiger partial charge in [0, 0.05) is 17.5 Å². The number of nitrogens with zero attached hydrogens (tertiary/aromatic N) is 1. The van der Waals surface area contributed by atoms with Crippen LogP contribution in [-0.4, -0.2) is 16.7 Å². The Bertz CT molecular complexity index is 743. The van der Waals surface area contributed by atoms with Crippen molar-refractivity contribution in [2.24, 2.45) is 0 Å². The molecule has 1 aliphatic rings. The smallest absolute Gasteiger partial charge is 0.0999 e. The Balaban J connectivity index is 1.88. The van der Waals surface area contributed by atoms with Crippen LogP contribution in [0.3, 0.4) is 0 Å². The van der Waals surface area contributed by atoms with Crippen molar-refractivity contribution in [3.63, 3.8) is 0 Å². The molecule has 4 rings (SSSR count). The summed E-state index contributed by atoms with van der Waals surface area (Å²) in [5, 5.41) is 12.2. The Morgan fingerprint density at radius 1 is 1.00 bits per heavy atom. The minimum absolute atomic E-state index is 0.964. The molecule has 3 nitrogen and oxygen atoms in total. The van der Waals surface area contributed by atoms with Crippen molar-refractivity contribution in [1.29, 1.82) is 0 Å². The van der Waals surface area contributed by atoms with Gasteiger partial charge in [0.05, 0.1) is 11.2 Å². The van der Waals surface area contributed by atoms with Crippen LogP contribution in [0.5, 0.6) is 0 Å². The van der Waals surface area contributed by atoms with E-state index in [9.17, 15) is 0 Å². The lowest BCUT2D eigenvalue weighted by atomic mass is 9.96. The normalized spacial score (nSPS) is 14.5. The summed E-state index contributed by atoms with van der Waals surface area (Å²) in [6.45, 7) is 2.04. The summed E-state index contributed by atoms with van der Waals surface area (Å²) in [5.74, 6) is 0. The molecule has 2 heterocycles. The maximum atomic E-state index is 4.47. The Morgan fingerprint density at radius 3 is 2.95 bits per heavy atom. The van der Waals surface area contributed by atoms with E-state index in [0.717, 1.165) is 30.7 Å². The van der Waals surface area contributed by atoms with Gasteiger partial charge in [-0.1, -0.05) is 30.3 Å². The van der Waals surface area contributed by atoms with Crippen molar-refractivity contribution < 1.29 is 0 Å². The van der Waals surface area contributed by atoms with Gasteiger partial charge in [-0.2, -0.15) is 5.10 Å². The Labute approximate surface area is 111 Å². The first kappa shape index (κ1) is 10.8. The van der Waals surface area contributed by atoms with Crippen LogP contribution in [0, 0.1) is 0 Å². The van der Waals surface area contributed by atoms with E-state index < -0.39 is 0 Å². The largest absolute Gasteiger partial charge is 0.312 e. The number of H-pyrrole nitrogens is 1. The van der Waals surface area contributed by atoms with Gasteiger partial charge in [-0.3, -0.25) is 5.10 Å². The molecule has 1 aromatic heterocycles. The first-order chi connectivity index (χ1) is 9.42. The third kappa shape index (κ3) is 1.74. The predicted octanol–water partition coefficient (Wildman–Crippen LogP) is 2.88. The SMILES string of the molecule is c1ccc2c(-c3ccc4c(c3)CNCC4)n[nH]c2c1. The van der Waals surface area contributed by atoms with Crippen molar-refractivity contribution >= 4 is 10.9 Å². The van der Waals surface area contributed by atoms with Crippen molar-refractivity contribution in [2.75, 3.05) is 6.54 Å². The van der Waals surface area contributed by atoms with E-state index in [1.807, 2.05) is 6.07 Å². The lowest BCUT2D eigenvalue weighted by molar-refractivity contribution is 0.644. The van der Waals surface area contributed by atoms with E-state index in [2.05, 4.69) is 51.9 Å². The average molecular weight is 249 g/mol. The van der Waals surface area contributed by atoms with Gasteiger partial charge in [-0.15, -0.1) is 0 Å². The first-order valence-electron chi connectivity index (χ1n) is 6.68. The number of rotatable bonds is 1. The average Bonchev–Trinajstić information content (AvgIpc) is 2.91. The summed E-state index contributed by atoms with van der Waals surface area (Å²) in [6, 6.07) is 15.0. The molecule has 2 N–H and O–H groups in total. The molecule has 19 heavy (non-hydrogen) atoms. The highest BCUT2D eigenvalue weighted by Gasteiger charge is 2.12. The highest BCUT2D eigenvalue weighted by atomic mass is 15.1. The molecule has 2 aromatic carbocycles. The molecule has 0 unspecified atom stereocenters. The number of aromatic nitrogens is 2. The van der Waals surface area contributed by atoms with Crippen LogP contribution in [0.15, 0.2) is 42.5 Å². The third-order valence-corrected chi connectivity index (χ3v) is 3.84. The lowest BCUT2D eigenvalue weighted by Gasteiger charge is -2.17. The van der Waals surface area contributed by atoms with Crippen molar-refractivity contribution in [3.05, 3.63) is 53.6 Å².